The average molecular weight is 515 g/mol. The number of pyridine rings is 1. The molecule has 1 fully saturated rings. The van der Waals surface area contributed by atoms with E-state index in [0.29, 0.717) is 5.02 Å². The van der Waals surface area contributed by atoms with Gasteiger partial charge in [0.15, 0.2) is 0 Å². The topological polar surface area (TPSA) is 62.7 Å². The SMILES string of the molecule is COc1ccc2ncc(Cl)c(CCCC3(CC(=O)O)CCN(CCCCc4ccsc4)CC3)c2c1. The second-order valence-corrected chi connectivity index (χ2v) is 11.0. The molecule has 1 N–H and O–H groups in total. The Morgan fingerprint density at radius 2 is 2.03 bits per heavy atom. The summed E-state index contributed by atoms with van der Waals surface area (Å²) in [5.74, 6) is 0.0965. The van der Waals surface area contributed by atoms with Crippen LogP contribution in [0.25, 0.3) is 10.9 Å². The Bertz CT molecular complexity index is 1110. The number of nitrogens with zero attached hydrogens (tertiary/aromatic N) is 2. The molecule has 1 aliphatic rings. The zero-order chi connectivity index (χ0) is 24.7. The number of carboxylic acids is 1. The number of aliphatic carboxylic acids is 1. The highest BCUT2D eigenvalue weighted by Crippen LogP contribution is 2.40. The molecule has 0 bridgehead atoms. The minimum atomic E-state index is -0.689. The summed E-state index contributed by atoms with van der Waals surface area (Å²) in [4.78, 5) is 18.7. The van der Waals surface area contributed by atoms with Gasteiger partial charge in [0.25, 0.3) is 0 Å². The van der Waals surface area contributed by atoms with E-state index in [4.69, 9.17) is 16.3 Å². The van der Waals surface area contributed by atoms with Gasteiger partial charge in [-0.1, -0.05) is 11.6 Å². The quantitative estimate of drug-likeness (QED) is 0.267. The molecule has 5 nitrogen and oxygen atoms in total. The van der Waals surface area contributed by atoms with Crippen molar-refractivity contribution < 1.29 is 14.6 Å². The van der Waals surface area contributed by atoms with Crippen LogP contribution in [0.2, 0.25) is 5.02 Å². The standard InChI is InChI=1S/C28H35ClN2O3S/c1-34-22-7-8-26-24(17-22)23(25(29)19-30-26)6-4-10-28(18-27(32)33)11-14-31(15-12-28)13-3-2-5-21-9-16-35-20-21/h7-9,16-17,19-20H,2-6,10-15,18H2,1H3,(H,32,33). The minimum Gasteiger partial charge on any atom is -0.497 e. The largest absolute Gasteiger partial charge is 0.497 e. The molecule has 3 heterocycles. The molecule has 1 aromatic carbocycles. The summed E-state index contributed by atoms with van der Waals surface area (Å²) in [6.07, 6.45) is 10.0. The number of hydrogen-bond donors (Lipinski definition) is 1. The first-order valence-electron chi connectivity index (χ1n) is 12.5. The van der Waals surface area contributed by atoms with Gasteiger partial charge in [-0.2, -0.15) is 11.3 Å². The summed E-state index contributed by atoms with van der Waals surface area (Å²) < 4.78 is 5.40. The second kappa shape index (κ2) is 12.2. The van der Waals surface area contributed by atoms with Gasteiger partial charge in [0, 0.05) is 11.6 Å². The molecule has 1 aliphatic heterocycles. The third-order valence-electron chi connectivity index (χ3n) is 7.48. The third kappa shape index (κ3) is 6.96. The van der Waals surface area contributed by atoms with Crippen molar-refractivity contribution in [3.63, 3.8) is 0 Å². The number of halogens is 1. The van der Waals surface area contributed by atoms with Crippen molar-refractivity contribution in [2.45, 2.75) is 57.8 Å². The highest BCUT2D eigenvalue weighted by Gasteiger charge is 2.36. The number of unbranched alkanes of at least 4 members (excludes halogenated alkanes) is 1. The highest BCUT2D eigenvalue weighted by molar-refractivity contribution is 7.07. The van der Waals surface area contributed by atoms with Crippen LogP contribution < -0.4 is 4.74 Å². The van der Waals surface area contributed by atoms with Gasteiger partial charge < -0.3 is 14.7 Å². The van der Waals surface area contributed by atoms with E-state index in [-0.39, 0.29) is 11.8 Å². The van der Waals surface area contributed by atoms with E-state index >= 15 is 0 Å². The van der Waals surface area contributed by atoms with Crippen molar-refractivity contribution >= 4 is 39.8 Å². The summed E-state index contributed by atoms with van der Waals surface area (Å²) in [7, 11) is 1.66. The number of likely N-dealkylation sites (tertiary alicyclic amines) is 1. The van der Waals surface area contributed by atoms with Crippen molar-refractivity contribution in [3.8, 4) is 5.75 Å². The number of carboxylic acid groups (broad SMARTS) is 1. The fraction of sp³-hybridized carbons (Fsp3) is 0.500. The molecule has 0 radical (unpaired) electrons. The Hall–Kier alpha value is -2.15. The number of aromatic nitrogens is 1. The van der Waals surface area contributed by atoms with Crippen LogP contribution in [0.5, 0.6) is 5.75 Å². The predicted molar refractivity (Wildman–Crippen MR) is 144 cm³/mol. The van der Waals surface area contributed by atoms with Crippen LogP contribution in [0, 0.1) is 5.41 Å². The lowest BCUT2D eigenvalue weighted by Crippen LogP contribution is -2.41. The summed E-state index contributed by atoms with van der Waals surface area (Å²) in [5.41, 5.74) is 3.28. The van der Waals surface area contributed by atoms with Crippen molar-refractivity contribution in [2.75, 3.05) is 26.7 Å². The van der Waals surface area contributed by atoms with E-state index < -0.39 is 5.97 Å². The Labute approximate surface area is 217 Å². The maximum absolute atomic E-state index is 11.8. The molecule has 2 aromatic heterocycles. The number of benzene rings is 1. The Morgan fingerprint density at radius 1 is 1.20 bits per heavy atom. The molecule has 0 atom stereocenters. The molecule has 0 saturated carbocycles. The first-order chi connectivity index (χ1) is 17.0. The fourth-order valence-electron chi connectivity index (χ4n) is 5.41. The van der Waals surface area contributed by atoms with Gasteiger partial charge in [-0.25, -0.2) is 0 Å². The van der Waals surface area contributed by atoms with E-state index in [2.05, 4.69) is 26.7 Å². The number of aryl methyl sites for hydroxylation is 2. The highest BCUT2D eigenvalue weighted by atomic mass is 35.5. The number of carbonyl (C=O) groups is 1. The fourth-order valence-corrected chi connectivity index (χ4v) is 6.36. The number of rotatable bonds is 12. The number of piperidine rings is 1. The molecule has 3 aromatic rings. The molecule has 0 aliphatic carbocycles. The number of hydrogen-bond acceptors (Lipinski definition) is 5. The first-order valence-corrected chi connectivity index (χ1v) is 13.9. The number of thiophene rings is 1. The second-order valence-electron chi connectivity index (χ2n) is 9.82. The third-order valence-corrected chi connectivity index (χ3v) is 8.54. The molecule has 1 saturated heterocycles. The van der Waals surface area contributed by atoms with Crippen LogP contribution in [0.15, 0.2) is 41.2 Å². The van der Waals surface area contributed by atoms with Gasteiger partial charge in [0.05, 0.1) is 24.1 Å². The normalized spacial score (nSPS) is 15.9. The Morgan fingerprint density at radius 3 is 2.74 bits per heavy atom. The lowest BCUT2D eigenvalue weighted by Gasteiger charge is -2.41. The average Bonchev–Trinajstić information content (AvgIpc) is 3.37. The lowest BCUT2D eigenvalue weighted by atomic mass is 9.72. The molecule has 0 unspecified atom stereocenters. The predicted octanol–water partition coefficient (Wildman–Crippen LogP) is 6.86. The Kier molecular flexibility index (Phi) is 9.04. The summed E-state index contributed by atoms with van der Waals surface area (Å²) in [6.45, 7) is 3.08. The summed E-state index contributed by atoms with van der Waals surface area (Å²) >= 11 is 8.31. The maximum Gasteiger partial charge on any atom is 0.303 e. The monoisotopic (exact) mass is 514 g/mol. The van der Waals surface area contributed by atoms with Crippen molar-refractivity contribution in [1.82, 2.24) is 9.88 Å². The smallest absolute Gasteiger partial charge is 0.303 e. The molecule has 4 rings (SSSR count). The maximum atomic E-state index is 11.8. The zero-order valence-corrected chi connectivity index (χ0v) is 22.0. The van der Waals surface area contributed by atoms with Crippen LogP contribution in [0.4, 0.5) is 0 Å². The van der Waals surface area contributed by atoms with Crippen LogP contribution in [0.1, 0.15) is 56.1 Å². The van der Waals surface area contributed by atoms with Crippen molar-refractivity contribution in [2.24, 2.45) is 5.41 Å². The van der Waals surface area contributed by atoms with Crippen LogP contribution >= 0.6 is 22.9 Å². The van der Waals surface area contributed by atoms with E-state index in [1.54, 1.807) is 24.6 Å². The number of ether oxygens (including phenoxy) is 1. The molecule has 0 spiro atoms. The molecular formula is C28H35ClN2O3S. The van der Waals surface area contributed by atoms with Gasteiger partial charge in [0.2, 0.25) is 0 Å². The van der Waals surface area contributed by atoms with E-state index in [1.807, 2.05) is 18.2 Å². The first kappa shape index (κ1) is 25.9. The van der Waals surface area contributed by atoms with Crippen LogP contribution in [0.3, 0.4) is 0 Å². The Balaban J connectivity index is 1.32. The van der Waals surface area contributed by atoms with Gasteiger partial charge in [-0.05, 0) is 123 Å². The van der Waals surface area contributed by atoms with E-state index in [9.17, 15) is 9.90 Å². The van der Waals surface area contributed by atoms with E-state index in [0.717, 1.165) is 80.4 Å². The molecule has 7 heteroatoms. The molecule has 35 heavy (non-hydrogen) atoms. The van der Waals surface area contributed by atoms with Gasteiger partial charge in [-0.15, -0.1) is 0 Å². The summed E-state index contributed by atoms with van der Waals surface area (Å²) in [5, 5.41) is 15.7. The van der Waals surface area contributed by atoms with Gasteiger partial charge in [-0.3, -0.25) is 9.78 Å². The van der Waals surface area contributed by atoms with Crippen molar-refractivity contribution in [1.29, 1.82) is 0 Å². The molecule has 0 amide bonds. The molecule has 188 valence electrons. The van der Waals surface area contributed by atoms with Crippen LogP contribution in [-0.2, 0) is 17.6 Å². The molecular weight excluding hydrogens is 480 g/mol. The summed E-state index contributed by atoms with van der Waals surface area (Å²) in [6, 6.07) is 8.07. The van der Waals surface area contributed by atoms with Gasteiger partial charge in [0.1, 0.15) is 5.75 Å². The van der Waals surface area contributed by atoms with Gasteiger partial charge >= 0.3 is 5.97 Å². The number of fused-ring (bicyclic) bond motifs is 1. The van der Waals surface area contributed by atoms with E-state index in [1.165, 1.54) is 18.4 Å². The van der Waals surface area contributed by atoms with Crippen LogP contribution in [-0.4, -0.2) is 47.7 Å². The number of methoxy groups -OCH3 is 1. The van der Waals surface area contributed by atoms with Crippen molar-refractivity contribution in [3.05, 3.63) is 57.4 Å². The zero-order valence-electron chi connectivity index (χ0n) is 20.5. The minimum absolute atomic E-state index is 0.133. The lowest BCUT2D eigenvalue weighted by molar-refractivity contribution is -0.140.